The van der Waals surface area contributed by atoms with Crippen molar-refractivity contribution in [3.8, 4) is 0 Å². The lowest BCUT2D eigenvalue weighted by atomic mass is 9.62. The number of carboxylic acids is 1. The second kappa shape index (κ2) is 5.51. The van der Waals surface area contributed by atoms with E-state index in [1.807, 2.05) is 13.0 Å². The fourth-order valence-corrected chi connectivity index (χ4v) is 3.48. The van der Waals surface area contributed by atoms with Gasteiger partial charge in [-0.15, -0.1) is 0 Å². The van der Waals surface area contributed by atoms with Gasteiger partial charge in [-0.3, -0.25) is 4.79 Å². The van der Waals surface area contributed by atoms with Gasteiger partial charge in [-0.25, -0.2) is 4.79 Å². The van der Waals surface area contributed by atoms with Crippen LogP contribution in [0.3, 0.4) is 0 Å². The van der Waals surface area contributed by atoms with Crippen LogP contribution in [-0.4, -0.2) is 23.1 Å². The molecule has 0 aliphatic heterocycles. The number of carboxylic acid groups (broad SMARTS) is 1. The lowest BCUT2D eigenvalue weighted by Gasteiger charge is -2.46. The first kappa shape index (κ1) is 15.5. The molecule has 0 aromatic carbocycles. The molecule has 0 saturated carbocycles. The van der Waals surface area contributed by atoms with Crippen LogP contribution in [0.5, 0.6) is 0 Å². The van der Waals surface area contributed by atoms with Gasteiger partial charge in [0.15, 0.2) is 0 Å². The van der Waals surface area contributed by atoms with Crippen LogP contribution in [-0.2, 0) is 14.3 Å². The summed E-state index contributed by atoms with van der Waals surface area (Å²) in [4.78, 5) is 22.6. The quantitative estimate of drug-likeness (QED) is 0.640. The monoisotopic (exact) mass is 290 g/mol. The molecule has 0 fully saturated rings. The summed E-state index contributed by atoms with van der Waals surface area (Å²) in [6.07, 6.45) is 6.19. The summed E-state index contributed by atoms with van der Waals surface area (Å²) < 4.78 is 5.53. The van der Waals surface area contributed by atoms with Crippen molar-refractivity contribution in [2.24, 2.45) is 11.3 Å². The molecule has 0 amide bonds. The number of hydrogen-bond donors (Lipinski definition) is 1. The first-order valence-electron chi connectivity index (χ1n) is 7.24. The highest BCUT2D eigenvalue weighted by atomic mass is 16.5. The molecule has 114 valence electrons. The smallest absolute Gasteiger partial charge is 0.331 e. The van der Waals surface area contributed by atoms with E-state index in [9.17, 15) is 14.7 Å². The van der Waals surface area contributed by atoms with Crippen molar-refractivity contribution >= 4 is 11.9 Å². The van der Waals surface area contributed by atoms with E-state index in [0.717, 1.165) is 24.0 Å². The van der Waals surface area contributed by atoms with Gasteiger partial charge in [0.2, 0.25) is 0 Å². The van der Waals surface area contributed by atoms with Crippen LogP contribution in [0.2, 0.25) is 0 Å². The molecule has 0 saturated heterocycles. The van der Waals surface area contributed by atoms with Crippen LogP contribution in [0, 0.1) is 11.3 Å². The molecule has 0 aromatic heterocycles. The maximum atomic E-state index is 11.4. The number of ether oxygens (including phenoxy) is 1. The van der Waals surface area contributed by atoms with Crippen molar-refractivity contribution in [3.63, 3.8) is 0 Å². The highest BCUT2D eigenvalue weighted by molar-refractivity contribution is 5.87. The van der Waals surface area contributed by atoms with Gasteiger partial charge >= 0.3 is 11.9 Å². The fraction of sp³-hybridized carbons (Fsp3) is 0.529. The Morgan fingerprint density at radius 2 is 2.14 bits per heavy atom. The van der Waals surface area contributed by atoms with E-state index in [0.29, 0.717) is 6.42 Å². The number of carbonyl (C=O) groups is 2. The van der Waals surface area contributed by atoms with Crippen molar-refractivity contribution in [2.75, 3.05) is 0 Å². The molecular formula is C17H22O4. The Balaban J connectivity index is 2.45. The minimum absolute atomic E-state index is 0.153. The first-order chi connectivity index (χ1) is 9.75. The zero-order valence-electron chi connectivity index (χ0n) is 12.8. The normalized spacial score (nSPS) is 31.6. The second-order valence-corrected chi connectivity index (χ2v) is 6.19. The van der Waals surface area contributed by atoms with Crippen molar-refractivity contribution in [2.45, 2.75) is 46.1 Å². The van der Waals surface area contributed by atoms with Gasteiger partial charge in [-0.1, -0.05) is 31.2 Å². The third-order valence-corrected chi connectivity index (χ3v) is 4.73. The maximum Gasteiger partial charge on any atom is 0.331 e. The Morgan fingerprint density at radius 1 is 1.48 bits per heavy atom. The minimum Gasteiger partial charge on any atom is -0.478 e. The van der Waals surface area contributed by atoms with Crippen LogP contribution in [0.15, 0.2) is 35.5 Å². The number of hydrogen-bond acceptors (Lipinski definition) is 3. The largest absolute Gasteiger partial charge is 0.478 e. The maximum absolute atomic E-state index is 11.4. The molecule has 0 heterocycles. The van der Waals surface area contributed by atoms with Crippen LogP contribution in [0.1, 0.15) is 40.0 Å². The molecule has 0 radical (unpaired) electrons. The molecule has 2 aliphatic carbocycles. The van der Waals surface area contributed by atoms with Gasteiger partial charge < -0.3 is 9.84 Å². The van der Waals surface area contributed by atoms with Gasteiger partial charge in [0.05, 0.1) is 0 Å². The molecule has 1 N–H and O–H groups in total. The van der Waals surface area contributed by atoms with E-state index in [1.165, 1.54) is 6.92 Å². The van der Waals surface area contributed by atoms with E-state index in [-0.39, 0.29) is 29.0 Å². The Bertz CT molecular complexity index is 555. The van der Waals surface area contributed by atoms with Crippen molar-refractivity contribution < 1.29 is 19.4 Å². The number of rotatable bonds is 3. The molecular weight excluding hydrogens is 268 g/mol. The molecule has 3 atom stereocenters. The molecule has 4 heteroatoms. The minimum atomic E-state index is -1.00. The molecule has 0 aromatic rings. The highest BCUT2D eigenvalue weighted by Crippen LogP contribution is 2.50. The Hall–Kier alpha value is -1.84. The van der Waals surface area contributed by atoms with E-state index in [4.69, 9.17) is 4.74 Å². The SMILES string of the molecule is C=C(C(=O)O)[C@H]1C=C2C(C)=CCC[C@]2(C)[C@@H](OC(C)=O)C1. The Labute approximate surface area is 125 Å². The summed E-state index contributed by atoms with van der Waals surface area (Å²) in [6, 6.07) is 0. The number of allylic oxidation sites excluding steroid dienone is 3. The van der Waals surface area contributed by atoms with Gasteiger partial charge in [-0.2, -0.15) is 0 Å². The topological polar surface area (TPSA) is 63.6 Å². The fourth-order valence-electron chi connectivity index (χ4n) is 3.48. The van der Waals surface area contributed by atoms with Crippen molar-refractivity contribution in [1.29, 1.82) is 0 Å². The lowest BCUT2D eigenvalue weighted by Crippen LogP contribution is -2.43. The van der Waals surface area contributed by atoms with E-state index >= 15 is 0 Å². The summed E-state index contributed by atoms with van der Waals surface area (Å²) in [5.41, 5.74) is 2.15. The standard InChI is InChI=1S/C17H22O4/c1-10-6-5-7-17(4)14(10)8-13(11(2)16(19)20)9-15(17)21-12(3)18/h6,8,13,15H,2,5,7,9H2,1,3-4H3,(H,19,20)/t13-,15-,17-/m0/s1. The first-order valence-corrected chi connectivity index (χ1v) is 7.24. The average molecular weight is 290 g/mol. The van der Waals surface area contributed by atoms with E-state index in [2.05, 4.69) is 19.6 Å². The molecule has 4 nitrogen and oxygen atoms in total. The predicted octanol–water partition coefficient (Wildman–Crippen LogP) is 3.25. The van der Waals surface area contributed by atoms with Gasteiger partial charge in [-0.05, 0) is 31.8 Å². The third kappa shape index (κ3) is 2.80. The van der Waals surface area contributed by atoms with Gasteiger partial charge in [0.1, 0.15) is 6.10 Å². The van der Waals surface area contributed by atoms with Crippen LogP contribution < -0.4 is 0 Å². The molecule has 0 unspecified atom stereocenters. The predicted molar refractivity (Wildman–Crippen MR) is 79.6 cm³/mol. The number of esters is 1. The molecule has 2 rings (SSSR count). The van der Waals surface area contributed by atoms with Crippen molar-refractivity contribution in [1.82, 2.24) is 0 Å². The van der Waals surface area contributed by atoms with Crippen LogP contribution in [0.25, 0.3) is 0 Å². The average Bonchev–Trinajstić information content (AvgIpc) is 2.38. The summed E-state index contributed by atoms with van der Waals surface area (Å²) in [5, 5.41) is 9.18. The van der Waals surface area contributed by atoms with Gasteiger partial charge in [0, 0.05) is 23.8 Å². The number of aliphatic carboxylic acids is 1. The number of carbonyl (C=O) groups excluding carboxylic acids is 1. The zero-order valence-corrected chi connectivity index (χ0v) is 12.8. The van der Waals surface area contributed by atoms with Crippen molar-refractivity contribution in [3.05, 3.63) is 35.5 Å². The molecule has 21 heavy (non-hydrogen) atoms. The zero-order chi connectivity index (χ0) is 15.8. The second-order valence-electron chi connectivity index (χ2n) is 6.19. The third-order valence-electron chi connectivity index (χ3n) is 4.73. The molecule has 0 spiro atoms. The van der Waals surface area contributed by atoms with E-state index in [1.54, 1.807) is 0 Å². The Morgan fingerprint density at radius 3 is 2.71 bits per heavy atom. The van der Waals surface area contributed by atoms with E-state index < -0.39 is 5.97 Å². The Kier molecular flexibility index (Phi) is 4.08. The van der Waals surface area contributed by atoms with Gasteiger partial charge in [0.25, 0.3) is 0 Å². The van der Waals surface area contributed by atoms with Crippen LogP contribution >= 0.6 is 0 Å². The van der Waals surface area contributed by atoms with Crippen LogP contribution in [0.4, 0.5) is 0 Å². The summed E-state index contributed by atoms with van der Waals surface area (Å²) in [7, 11) is 0. The summed E-state index contributed by atoms with van der Waals surface area (Å²) in [5.74, 6) is -1.62. The molecule has 2 aliphatic rings. The summed E-state index contributed by atoms with van der Waals surface area (Å²) in [6.45, 7) is 9.20. The highest BCUT2D eigenvalue weighted by Gasteiger charge is 2.46. The lowest BCUT2D eigenvalue weighted by molar-refractivity contribution is -0.153. The molecule has 0 bridgehead atoms. The summed E-state index contributed by atoms with van der Waals surface area (Å²) >= 11 is 0. The number of fused-ring (bicyclic) bond motifs is 1.